The van der Waals surface area contributed by atoms with Crippen LogP contribution in [0.5, 0.6) is 0 Å². The van der Waals surface area contributed by atoms with Crippen molar-refractivity contribution in [2.45, 2.75) is 127 Å². The van der Waals surface area contributed by atoms with Crippen molar-refractivity contribution in [3.8, 4) is 0 Å². The van der Waals surface area contributed by atoms with Crippen molar-refractivity contribution >= 4 is 17.8 Å². The highest BCUT2D eigenvalue weighted by Crippen LogP contribution is 2.51. The Kier molecular flexibility index (Phi) is 8.63. The van der Waals surface area contributed by atoms with E-state index in [0.717, 1.165) is 18.5 Å². The molecular weight excluding hydrogens is 591 g/mol. The van der Waals surface area contributed by atoms with Crippen molar-refractivity contribution in [3.63, 3.8) is 0 Å². The molecule has 0 aromatic carbocycles. The number of nitrogens with zero attached hydrogens (tertiary/aromatic N) is 3. The van der Waals surface area contributed by atoms with Gasteiger partial charge in [0.25, 0.3) is 5.91 Å². The lowest BCUT2D eigenvalue weighted by molar-refractivity contribution is -0.219. The Hall–Kier alpha value is -2.99. The fraction of sp³-hybridized carbons (Fsp3) is 0.765. The summed E-state index contributed by atoms with van der Waals surface area (Å²) in [7, 11) is 0. The van der Waals surface area contributed by atoms with Gasteiger partial charge in [-0.15, -0.1) is 0 Å². The van der Waals surface area contributed by atoms with Crippen molar-refractivity contribution in [1.82, 2.24) is 30.4 Å². The zero-order chi connectivity index (χ0) is 32.2. The standard InChI is InChI=1S/C34H49FN6O5/c1-34(2,3)46-33(44)39-22-9-11-40(16-22)29-25(35)14-23-28-31(29)45-27-13-20-7-5-4-6-19(20)12-26(27)41(28)17-24(30(23)42)32(43)37-10-8-21-15-36-18-38-21/h15,17-20,22-23,25-29,31H,4-14,16H2,1-3H3,(H,36,38)(H,37,43)(H,39,44). The number of halogens is 1. The van der Waals surface area contributed by atoms with Crippen LogP contribution < -0.4 is 10.6 Å². The number of amides is 2. The first-order valence-corrected chi connectivity index (χ1v) is 17.4. The number of alkyl carbamates (subject to hydrolysis) is 1. The van der Waals surface area contributed by atoms with Crippen molar-refractivity contribution in [2.75, 3.05) is 19.6 Å². The Morgan fingerprint density at radius 2 is 1.91 bits per heavy atom. The predicted molar refractivity (Wildman–Crippen MR) is 167 cm³/mol. The van der Waals surface area contributed by atoms with E-state index in [2.05, 4.69) is 30.4 Å². The van der Waals surface area contributed by atoms with Crippen molar-refractivity contribution in [3.05, 3.63) is 30.0 Å². The number of aromatic amines is 1. The zero-order valence-corrected chi connectivity index (χ0v) is 27.3. The third kappa shape index (κ3) is 6.19. The van der Waals surface area contributed by atoms with E-state index in [1.807, 2.05) is 20.8 Å². The Labute approximate surface area is 270 Å². The molecule has 1 aromatic rings. The minimum Gasteiger partial charge on any atom is -0.444 e. The van der Waals surface area contributed by atoms with Crippen LogP contribution in [-0.2, 0) is 25.5 Å². The van der Waals surface area contributed by atoms with Gasteiger partial charge in [-0.25, -0.2) is 14.2 Å². The van der Waals surface area contributed by atoms with Crippen LogP contribution in [0.25, 0.3) is 0 Å². The molecule has 0 spiro atoms. The van der Waals surface area contributed by atoms with Gasteiger partial charge in [0.15, 0.2) is 5.78 Å². The molecule has 46 heavy (non-hydrogen) atoms. The zero-order valence-electron chi connectivity index (χ0n) is 27.3. The number of carbonyl (C=O) groups is 3. The quantitative estimate of drug-likeness (QED) is 0.405. The van der Waals surface area contributed by atoms with Gasteiger partial charge in [0, 0.05) is 56.1 Å². The maximum atomic E-state index is 16.5. The van der Waals surface area contributed by atoms with E-state index in [1.54, 1.807) is 18.7 Å². The topological polar surface area (TPSA) is 129 Å². The number of aromatic nitrogens is 2. The second kappa shape index (κ2) is 12.6. The van der Waals surface area contributed by atoms with E-state index in [-0.39, 0.29) is 42.0 Å². The molecule has 3 aliphatic carbocycles. The Bertz CT molecular complexity index is 1330. The molecule has 3 aliphatic heterocycles. The largest absolute Gasteiger partial charge is 0.444 e. The number of morpholine rings is 1. The van der Waals surface area contributed by atoms with E-state index in [9.17, 15) is 14.4 Å². The monoisotopic (exact) mass is 640 g/mol. The molecule has 11 nitrogen and oxygen atoms in total. The molecule has 7 rings (SSSR count). The summed E-state index contributed by atoms with van der Waals surface area (Å²) in [4.78, 5) is 51.4. The van der Waals surface area contributed by atoms with Crippen LogP contribution in [0, 0.1) is 17.8 Å². The van der Waals surface area contributed by atoms with Crippen LogP contribution >= 0.6 is 0 Å². The highest BCUT2D eigenvalue weighted by Gasteiger charge is 2.61. The maximum Gasteiger partial charge on any atom is 0.407 e. The van der Waals surface area contributed by atoms with Gasteiger partial charge in [0.05, 0.1) is 42.2 Å². The SMILES string of the molecule is CC(C)(C)OC(=O)NC1CCN(C2C(F)CC3C(=O)C(C(=O)NCCc4cnc[nH]4)=CN4C5CC6CCCCC6CC5OC2C34)C1. The van der Waals surface area contributed by atoms with Crippen LogP contribution in [0.4, 0.5) is 9.18 Å². The molecule has 10 unspecified atom stereocenters. The molecule has 10 atom stereocenters. The smallest absolute Gasteiger partial charge is 0.407 e. The average Bonchev–Trinajstić information content (AvgIpc) is 3.69. The summed E-state index contributed by atoms with van der Waals surface area (Å²) in [5, 5.41) is 5.89. The number of carbonyl (C=O) groups excluding carboxylic acids is 3. The summed E-state index contributed by atoms with van der Waals surface area (Å²) < 4.78 is 28.9. The number of alkyl halides is 1. The van der Waals surface area contributed by atoms with Gasteiger partial charge in [0.2, 0.25) is 0 Å². The molecule has 12 heteroatoms. The molecule has 4 heterocycles. The fourth-order valence-corrected chi connectivity index (χ4v) is 9.34. The summed E-state index contributed by atoms with van der Waals surface area (Å²) in [6.45, 7) is 6.97. The molecule has 5 fully saturated rings. The van der Waals surface area contributed by atoms with Crippen molar-refractivity contribution in [2.24, 2.45) is 17.8 Å². The van der Waals surface area contributed by atoms with Gasteiger partial charge in [-0.1, -0.05) is 25.7 Å². The van der Waals surface area contributed by atoms with Crippen LogP contribution in [0.2, 0.25) is 0 Å². The number of nitrogens with one attached hydrogen (secondary N) is 3. The summed E-state index contributed by atoms with van der Waals surface area (Å²) in [5.74, 6) is -0.135. The first kappa shape index (κ1) is 31.6. The first-order valence-electron chi connectivity index (χ1n) is 17.4. The van der Waals surface area contributed by atoms with Crippen LogP contribution in [0.15, 0.2) is 24.3 Å². The number of rotatable bonds is 6. The second-order valence-electron chi connectivity index (χ2n) is 15.4. The third-order valence-electron chi connectivity index (χ3n) is 11.3. The molecule has 0 radical (unpaired) electrons. The van der Waals surface area contributed by atoms with Crippen LogP contribution in [0.1, 0.15) is 77.8 Å². The van der Waals surface area contributed by atoms with Gasteiger partial charge in [-0.3, -0.25) is 14.5 Å². The summed E-state index contributed by atoms with van der Waals surface area (Å²) in [6.07, 6.45) is 10.8. The summed E-state index contributed by atoms with van der Waals surface area (Å²) in [5.41, 5.74) is 0.426. The number of Topliss-reactive ketones (excluding diaryl/α,β-unsaturated/α-hetero) is 1. The number of imidazole rings is 1. The third-order valence-corrected chi connectivity index (χ3v) is 11.3. The lowest BCUT2D eigenvalue weighted by Crippen LogP contribution is -2.73. The Morgan fingerprint density at radius 1 is 1.13 bits per heavy atom. The second-order valence-corrected chi connectivity index (χ2v) is 15.4. The molecule has 3 N–H and O–H groups in total. The minimum atomic E-state index is -1.30. The number of fused-ring (bicyclic) bond motifs is 3. The maximum absolute atomic E-state index is 16.5. The predicted octanol–water partition coefficient (Wildman–Crippen LogP) is 3.27. The van der Waals surface area contributed by atoms with Crippen LogP contribution in [0.3, 0.4) is 0 Å². The number of ketones is 1. The van der Waals surface area contributed by atoms with Gasteiger partial charge >= 0.3 is 6.09 Å². The lowest BCUT2D eigenvalue weighted by atomic mass is 9.64. The molecule has 3 saturated carbocycles. The van der Waals surface area contributed by atoms with Gasteiger partial charge < -0.3 is 30.0 Å². The molecular formula is C34H49FN6O5. The first-order chi connectivity index (χ1) is 22.1. The molecule has 2 amide bonds. The fourth-order valence-electron chi connectivity index (χ4n) is 9.34. The number of ether oxygens (including phenoxy) is 2. The van der Waals surface area contributed by atoms with E-state index < -0.39 is 41.8 Å². The van der Waals surface area contributed by atoms with Gasteiger partial charge in [-0.2, -0.15) is 0 Å². The molecule has 252 valence electrons. The van der Waals surface area contributed by atoms with Crippen molar-refractivity contribution < 1.29 is 28.2 Å². The van der Waals surface area contributed by atoms with E-state index in [0.29, 0.717) is 44.3 Å². The normalized spacial score (nSPS) is 37.4. The summed E-state index contributed by atoms with van der Waals surface area (Å²) in [6, 6.07) is -0.966. The van der Waals surface area contributed by atoms with Crippen LogP contribution in [-0.4, -0.2) is 105 Å². The van der Waals surface area contributed by atoms with Crippen molar-refractivity contribution in [1.29, 1.82) is 0 Å². The number of H-pyrrole nitrogens is 1. The van der Waals surface area contributed by atoms with E-state index in [4.69, 9.17) is 9.47 Å². The average molecular weight is 641 g/mol. The number of likely N-dealkylation sites (tertiary alicyclic amines) is 1. The Balaban J connectivity index is 1.13. The molecule has 0 bridgehead atoms. The lowest BCUT2D eigenvalue weighted by Gasteiger charge is -2.61. The molecule has 1 aromatic heterocycles. The van der Waals surface area contributed by atoms with E-state index in [1.165, 1.54) is 25.7 Å². The highest BCUT2D eigenvalue weighted by molar-refractivity contribution is 6.20. The van der Waals surface area contributed by atoms with Gasteiger partial charge in [-0.05, 0) is 58.3 Å². The van der Waals surface area contributed by atoms with Gasteiger partial charge in [0.1, 0.15) is 11.8 Å². The highest BCUT2D eigenvalue weighted by atomic mass is 19.1. The summed E-state index contributed by atoms with van der Waals surface area (Å²) >= 11 is 0. The minimum absolute atomic E-state index is 0.0490. The molecule has 2 saturated heterocycles. The number of hydrogen-bond donors (Lipinski definition) is 3. The van der Waals surface area contributed by atoms with E-state index >= 15 is 4.39 Å². The number of hydrogen-bond acceptors (Lipinski definition) is 8. The molecule has 6 aliphatic rings. The Morgan fingerprint density at radius 3 is 2.65 bits per heavy atom.